The summed E-state index contributed by atoms with van der Waals surface area (Å²) in [7, 11) is 0. The summed E-state index contributed by atoms with van der Waals surface area (Å²) < 4.78 is 12.8. The zero-order chi connectivity index (χ0) is 16.9. The second-order valence-corrected chi connectivity index (χ2v) is 6.27. The van der Waals surface area contributed by atoms with Gasteiger partial charge in [0.2, 0.25) is 5.95 Å². The van der Waals surface area contributed by atoms with Gasteiger partial charge in [0.25, 0.3) is 5.91 Å². The molecular formula is C17H21FN4O. The average Bonchev–Trinajstić information content (AvgIpc) is 2.48. The number of carbonyl (C=O) groups is 1. The molecule has 0 spiro atoms. The maximum absolute atomic E-state index is 12.8. The Morgan fingerprint density at radius 2 is 1.87 bits per heavy atom. The zero-order valence-corrected chi connectivity index (χ0v) is 13.6. The number of amides is 1. The molecular weight excluding hydrogens is 295 g/mol. The van der Waals surface area contributed by atoms with E-state index in [4.69, 9.17) is 0 Å². The smallest absolute Gasteiger partial charge is 0.270 e. The second kappa shape index (κ2) is 7.17. The van der Waals surface area contributed by atoms with Gasteiger partial charge in [-0.3, -0.25) is 4.79 Å². The van der Waals surface area contributed by atoms with E-state index in [0.29, 0.717) is 24.6 Å². The first-order valence-corrected chi connectivity index (χ1v) is 7.47. The Morgan fingerprint density at radius 1 is 1.17 bits per heavy atom. The molecule has 2 N–H and O–H groups in total. The van der Waals surface area contributed by atoms with E-state index < -0.39 is 0 Å². The van der Waals surface area contributed by atoms with Gasteiger partial charge in [-0.05, 0) is 51.0 Å². The van der Waals surface area contributed by atoms with Crippen molar-refractivity contribution in [1.82, 2.24) is 15.3 Å². The molecule has 0 aliphatic heterocycles. The SMILES string of the molecule is CC(C)(C)NC(=O)c1ccnc(NCCc2ccc(F)cc2)n1. The Bertz CT molecular complexity index is 665. The first-order valence-electron chi connectivity index (χ1n) is 7.47. The van der Waals surface area contributed by atoms with Crippen molar-refractivity contribution in [2.45, 2.75) is 32.7 Å². The molecule has 1 aromatic heterocycles. The molecule has 0 fully saturated rings. The highest BCUT2D eigenvalue weighted by atomic mass is 19.1. The summed E-state index contributed by atoms with van der Waals surface area (Å²) in [6.07, 6.45) is 2.26. The van der Waals surface area contributed by atoms with Crippen LogP contribution in [-0.2, 0) is 6.42 Å². The summed E-state index contributed by atoms with van der Waals surface area (Å²) in [5.41, 5.74) is 1.01. The summed E-state index contributed by atoms with van der Waals surface area (Å²) in [5.74, 6) is -0.0854. The van der Waals surface area contributed by atoms with Gasteiger partial charge in [-0.15, -0.1) is 0 Å². The lowest BCUT2D eigenvalue weighted by atomic mass is 10.1. The standard InChI is InChI=1S/C17H21FN4O/c1-17(2,3)22-15(23)14-9-11-20-16(21-14)19-10-8-12-4-6-13(18)7-5-12/h4-7,9,11H,8,10H2,1-3H3,(H,22,23)(H,19,20,21). The number of anilines is 1. The van der Waals surface area contributed by atoms with Crippen LogP contribution in [0.3, 0.4) is 0 Å². The third kappa shape index (κ3) is 5.65. The van der Waals surface area contributed by atoms with E-state index in [1.165, 1.54) is 12.1 Å². The van der Waals surface area contributed by atoms with Crippen molar-refractivity contribution in [3.05, 3.63) is 53.6 Å². The molecule has 0 unspecified atom stereocenters. The fourth-order valence-corrected chi connectivity index (χ4v) is 1.94. The van der Waals surface area contributed by atoms with Gasteiger partial charge in [0, 0.05) is 18.3 Å². The van der Waals surface area contributed by atoms with Gasteiger partial charge in [-0.1, -0.05) is 12.1 Å². The number of nitrogens with one attached hydrogen (secondary N) is 2. The van der Waals surface area contributed by atoms with Crippen LogP contribution in [0, 0.1) is 5.82 Å². The monoisotopic (exact) mass is 316 g/mol. The molecule has 122 valence electrons. The van der Waals surface area contributed by atoms with Crippen LogP contribution in [-0.4, -0.2) is 28.0 Å². The second-order valence-electron chi connectivity index (χ2n) is 6.27. The Morgan fingerprint density at radius 3 is 2.52 bits per heavy atom. The molecule has 0 aliphatic rings. The molecule has 1 amide bonds. The number of benzene rings is 1. The van der Waals surface area contributed by atoms with Crippen molar-refractivity contribution in [3.63, 3.8) is 0 Å². The van der Waals surface area contributed by atoms with Crippen molar-refractivity contribution < 1.29 is 9.18 Å². The lowest BCUT2D eigenvalue weighted by molar-refractivity contribution is 0.0914. The van der Waals surface area contributed by atoms with Gasteiger partial charge in [0.1, 0.15) is 11.5 Å². The molecule has 6 heteroatoms. The van der Waals surface area contributed by atoms with Crippen LogP contribution >= 0.6 is 0 Å². The first-order chi connectivity index (χ1) is 10.8. The number of hydrogen-bond acceptors (Lipinski definition) is 4. The average molecular weight is 316 g/mol. The molecule has 2 rings (SSSR count). The van der Waals surface area contributed by atoms with Crippen molar-refractivity contribution in [2.75, 3.05) is 11.9 Å². The highest BCUT2D eigenvalue weighted by Crippen LogP contribution is 2.06. The predicted octanol–water partition coefficient (Wildman–Crippen LogP) is 2.80. The molecule has 0 radical (unpaired) electrons. The van der Waals surface area contributed by atoms with Crippen LogP contribution in [0.5, 0.6) is 0 Å². The fraction of sp³-hybridized carbons (Fsp3) is 0.353. The Kier molecular flexibility index (Phi) is 5.26. The highest BCUT2D eigenvalue weighted by Gasteiger charge is 2.16. The molecule has 0 aliphatic carbocycles. The molecule has 0 atom stereocenters. The molecule has 0 bridgehead atoms. The van der Waals surface area contributed by atoms with Gasteiger partial charge >= 0.3 is 0 Å². The molecule has 5 nitrogen and oxygen atoms in total. The van der Waals surface area contributed by atoms with Crippen LogP contribution < -0.4 is 10.6 Å². The van der Waals surface area contributed by atoms with E-state index in [2.05, 4.69) is 20.6 Å². The summed E-state index contributed by atoms with van der Waals surface area (Å²) in [5, 5.41) is 5.93. The van der Waals surface area contributed by atoms with Gasteiger partial charge < -0.3 is 10.6 Å². The first kappa shape index (κ1) is 16.9. The number of halogens is 1. The largest absolute Gasteiger partial charge is 0.354 e. The molecule has 2 aromatic rings. The molecule has 23 heavy (non-hydrogen) atoms. The Balaban J connectivity index is 1.92. The van der Waals surface area contributed by atoms with E-state index in [9.17, 15) is 9.18 Å². The van der Waals surface area contributed by atoms with Crippen LogP contribution in [0.15, 0.2) is 36.5 Å². The number of rotatable bonds is 5. The third-order valence-corrected chi connectivity index (χ3v) is 2.99. The van der Waals surface area contributed by atoms with Crippen molar-refractivity contribution in [2.24, 2.45) is 0 Å². The molecule has 1 aromatic carbocycles. The lowest BCUT2D eigenvalue weighted by Crippen LogP contribution is -2.41. The van der Waals surface area contributed by atoms with E-state index >= 15 is 0 Å². The van der Waals surface area contributed by atoms with Gasteiger partial charge in [-0.2, -0.15) is 0 Å². The van der Waals surface area contributed by atoms with Crippen molar-refractivity contribution >= 4 is 11.9 Å². The van der Waals surface area contributed by atoms with Crippen molar-refractivity contribution in [3.8, 4) is 0 Å². The lowest BCUT2D eigenvalue weighted by Gasteiger charge is -2.20. The molecule has 0 saturated heterocycles. The van der Waals surface area contributed by atoms with Crippen LogP contribution in [0.25, 0.3) is 0 Å². The number of hydrogen-bond donors (Lipinski definition) is 2. The number of aromatic nitrogens is 2. The molecule has 1 heterocycles. The summed E-state index contributed by atoms with van der Waals surface area (Å²) in [4.78, 5) is 20.4. The maximum atomic E-state index is 12.8. The summed E-state index contributed by atoms with van der Waals surface area (Å²) >= 11 is 0. The zero-order valence-electron chi connectivity index (χ0n) is 13.6. The van der Waals surface area contributed by atoms with Crippen LogP contribution in [0.1, 0.15) is 36.8 Å². The molecule has 0 saturated carbocycles. The van der Waals surface area contributed by atoms with Crippen molar-refractivity contribution in [1.29, 1.82) is 0 Å². The minimum absolute atomic E-state index is 0.235. The minimum atomic E-state index is -0.321. The fourth-order valence-electron chi connectivity index (χ4n) is 1.94. The van der Waals surface area contributed by atoms with Gasteiger partial charge in [0.05, 0.1) is 0 Å². The topological polar surface area (TPSA) is 66.9 Å². The van der Waals surface area contributed by atoms with Gasteiger partial charge in [0.15, 0.2) is 0 Å². The minimum Gasteiger partial charge on any atom is -0.354 e. The Hall–Kier alpha value is -2.50. The normalized spacial score (nSPS) is 11.1. The van der Waals surface area contributed by atoms with E-state index in [-0.39, 0.29) is 17.3 Å². The number of nitrogens with zero attached hydrogens (tertiary/aromatic N) is 2. The summed E-state index contributed by atoms with van der Waals surface area (Å²) in [6, 6.07) is 7.93. The Labute approximate surface area is 135 Å². The quantitative estimate of drug-likeness (QED) is 0.890. The van der Waals surface area contributed by atoms with Gasteiger partial charge in [-0.25, -0.2) is 14.4 Å². The summed E-state index contributed by atoms with van der Waals surface area (Å²) in [6.45, 7) is 6.33. The highest BCUT2D eigenvalue weighted by molar-refractivity contribution is 5.92. The van der Waals surface area contributed by atoms with E-state index in [1.54, 1.807) is 24.4 Å². The number of carbonyl (C=O) groups excluding carboxylic acids is 1. The van der Waals surface area contributed by atoms with E-state index in [0.717, 1.165) is 5.56 Å². The van der Waals surface area contributed by atoms with Crippen LogP contribution in [0.4, 0.5) is 10.3 Å². The van der Waals surface area contributed by atoms with E-state index in [1.807, 2.05) is 20.8 Å². The predicted molar refractivity (Wildman–Crippen MR) is 87.8 cm³/mol. The van der Waals surface area contributed by atoms with Crippen LogP contribution in [0.2, 0.25) is 0 Å². The maximum Gasteiger partial charge on any atom is 0.270 e. The third-order valence-electron chi connectivity index (χ3n) is 2.99.